The number of nitrogens with one attached hydrogen (secondary N) is 1. The van der Waals surface area contributed by atoms with Crippen LogP contribution in [0.15, 0.2) is 12.3 Å². The molecular weight excluding hydrogens is 266 g/mol. The molecule has 0 aromatic carbocycles. The van der Waals surface area contributed by atoms with Gasteiger partial charge in [-0.2, -0.15) is 8.42 Å². The van der Waals surface area contributed by atoms with Gasteiger partial charge in [0.1, 0.15) is 11.6 Å². The topological polar surface area (TPSA) is 81.2 Å². The molecule has 6 nitrogen and oxygen atoms in total. The van der Waals surface area contributed by atoms with Crippen molar-refractivity contribution >= 4 is 15.9 Å². The van der Waals surface area contributed by atoms with Gasteiger partial charge in [0.25, 0.3) is 10.1 Å². The number of rotatable bonds is 4. The van der Waals surface area contributed by atoms with Gasteiger partial charge in [-0.3, -0.25) is 4.18 Å². The van der Waals surface area contributed by atoms with E-state index in [2.05, 4.69) is 15.3 Å². The Labute approximate surface area is 113 Å². The summed E-state index contributed by atoms with van der Waals surface area (Å²) in [5.74, 6) is 1.55. The van der Waals surface area contributed by atoms with Crippen molar-refractivity contribution in [3.8, 4) is 0 Å². The van der Waals surface area contributed by atoms with Crippen LogP contribution in [0.5, 0.6) is 0 Å². The van der Waals surface area contributed by atoms with Gasteiger partial charge < -0.3 is 5.32 Å². The van der Waals surface area contributed by atoms with E-state index < -0.39 is 10.1 Å². The standard InChI is InChI=1S/C12H19N3O3S/c1-9-13-8-7-12(14-9)15-10-3-5-11(6-4-10)18-19(2,16)17/h7-8,10-11H,3-6H2,1-2H3,(H,13,14,15). The van der Waals surface area contributed by atoms with Crippen LogP contribution in [0.1, 0.15) is 31.5 Å². The summed E-state index contributed by atoms with van der Waals surface area (Å²) in [6, 6.07) is 2.15. The molecule has 1 aromatic rings. The smallest absolute Gasteiger partial charge is 0.264 e. The monoisotopic (exact) mass is 285 g/mol. The molecule has 2 rings (SSSR count). The first-order chi connectivity index (χ1) is 8.92. The summed E-state index contributed by atoms with van der Waals surface area (Å²) in [5, 5.41) is 3.35. The second kappa shape index (κ2) is 5.83. The third kappa shape index (κ3) is 4.76. The van der Waals surface area contributed by atoms with E-state index >= 15 is 0 Å². The van der Waals surface area contributed by atoms with Crippen LogP contribution < -0.4 is 5.32 Å². The van der Waals surface area contributed by atoms with Crippen molar-refractivity contribution in [2.75, 3.05) is 11.6 Å². The summed E-state index contributed by atoms with van der Waals surface area (Å²) < 4.78 is 27.1. The normalized spacial score (nSPS) is 24.1. The van der Waals surface area contributed by atoms with Crippen molar-refractivity contribution in [1.82, 2.24) is 9.97 Å². The highest BCUT2D eigenvalue weighted by Gasteiger charge is 2.24. The van der Waals surface area contributed by atoms with Gasteiger partial charge in [0, 0.05) is 12.2 Å². The summed E-state index contributed by atoms with van der Waals surface area (Å²) in [7, 11) is -3.35. The summed E-state index contributed by atoms with van der Waals surface area (Å²) in [4.78, 5) is 8.34. The van der Waals surface area contributed by atoms with Gasteiger partial charge in [0.05, 0.1) is 12.4 Å². The van der Waals surface area contributed by atoms with Crippen molar-refractivity contribution in [3.05, 3.63) is 18.1 Å². The predicted octanol–water partition coefficient (Wildman–Crippen LogP) is 1.48. The van der Waals surface area contributed by atoms with Gasteiger partial charge in [-0.05, 0) is 38.7 Å². The predicted molar refractivity (Wildman–Crippen MR) is 72.4 cm³/mol. The number of nitrogens with zero attached hydrogens (tertiary/aromatic N) is 2. The summed E-state index contributed by atoms with van der Waals surface area (Å²) >= 11 is 0. The average Bonchev–Trinajstić information content (AvgIpc) is 2.30. The summed E-state index contributed by atoms with van der Waals surface area (Å²) in [5.41, 5.74) is 0. The minimum atomic E-state index is -3.35. The lowest BCUT2D eigenvalue weighted by Crippen LogP contribution is -2.31. The molecule has 19 heavy (non-hydrogen) atoms. The van der Waals surface area contributed by atoms with E-state index in [4.69, 9.17) is 4.18 Å². The van der Waals surface area contributed by atoms with Gasteiger partial charge in [0.15, 0.2) is 0 Å². The zero-order chi connectivity index (χ0) is 13.9. The van der Waals surface area contributed by atoms with Gasteiger partial charge in [-0.25, -0.2) is 9.97 Å². The zero-order valence-corrected chi connectivity index (χ0v) is 12.0. The highest BCUT2D eigenvalue weighted by molar-refractivity contribution is 7.86. The quantitative estimate of drug-likeness (QED) is 0.844. The molecule has 1 saturated carbocycles. The zero-order valence-electron chi connectivity index (χ0n) is 11.2. The van der Waals surface area contributed by atoms with E-state index in [1.807, 2.05) is 13.0 Å². The molecule has 0 saturated heterocycles. The van der Waals surface area contributed by atoms with E-state index in [0.717, 1.165) is 43.6 Å². The Bertz CT molecular complexity index is 525. The first kappa shape index (κ1) is 14.2. The van der Waals surface area contributed by atoms with Crippen LogP contribution in [0, 0.1) is 6.92 Å². The van der Waals surface area contributed by atoms with E-state index in [-0.39, 0.29) is 6.10 Å². The Kier molecular flexibility index (Phi) is 4.36. The molecule has 1 fully saturated rings. The molecule has 0 bridgehead atoms. The Morgan fingerprint density at radius 2 is 2.00 bits per heavy atom. The van der Waals surface area contributed by atoms with Crippen LogP contribution in [0.3, 0.4) is 0 Å². The molecule has 1 aliphatic rings. The van der Waals surface area contributed by atoms with Crippen molar-refractivity contribution < 1.29 is 12.6 Å². The molecule has 0 radical (unpaired) electrons. The molecule has 0 amide bonds. The third-order valence-electron chi connectivity index (χ3n) is 3.11. The Hall–Kier alpha value is -1.21. The molecular formula is C12H19N3O3S. The average molecular weight is 285 g/mol. The molecule has 1 N–H and O–H groups in total. The first-order valence-electron chi connectivity index (χ1n) is 6.37. The van der Waals surface area contributed by atoms with Crippen LogP contribution in [0.2, 0.25) is 0 Å². The van der Waals surface area contributed by atoms with Crippen LogP contribution in [0.25, 0.3) is 0 Å². The molecule has 106 valence electrons. The van der Waals surface area contributed by atoms with Crippen LogP contribution in [-0.2, 0) is 14.3 Å². The maximum atomic E-state index is 11.1. The molecule has 1 aromatic heterocycles. The van der Waals surface area contributed by atoms with Crippen LogP contribution in [-0.4, -0.2) is 36.8 Å². The highest BCUT2D eigenvalue weighted by Crippen LogP contribution is 2.24. The van der Waals surface area contributed by atoms with Gasteiger partial charge in [-0.1, -0.05) is 0 Å². The highest BCUT2D eigenvalue weighted by atomic mass is 32.2. The Morgan fingerprint density at radius 1 is 1.32 bits per heavy atom. The lowest BCUT2D eigenvalue weighted by atomic mass is 9.93. The second-order valence-corrected chi connectivity index (χ2v) is 6.51. The molecule has 0 atom stereocenters. The molecule has 0 unspecified atom stereocenters. The van der Waals surface area contributed by atoms with E-state index in [1.165, 1.54) is 0 Å². The second-order valence-electron chi connectivity index (χ2n) is 4.91. The molecule has 1 heterocycles. The van der Waals surface area contributed by atoms with Crippen molar-refractivity contribution in [3.63, 3.8) is 0 Å². The van der Waals surface area contributed by atoms with Gasteiger partial charge in [-0.15, -0.1) is 0 Å². The van der Waals surface area contributed by atoms with Crippen molar-refractivity contribution in [1.29, 1.82) is 0 Å². The number of aromatic nitrogens is 2. The van der Waals surface area contributed by atoms with E-state index in [0.29, 0.717) is 6.04 Å². The van der Waals surface area contributed by atoms with Crippen molar-refractivity contribution in [2.24, 2.45) is 0 Å². The largest absolute Gasteiger partial charge is 0.367 e. The molecule has 1 aliphatic carbocycles. The lowest BCUT2D eigenvalue weighted by molar-refractivity contribution is 0.158. The van der Waals surface area contributed by atoms with Crippen molar-refractivity contribution in [2.45, 2.75) is 44.8 Å². The van der Waals surface area contributed by atoms with Crippen LogP contribution in [0.4, 0.5) is 5.82 Å². The van der Waals surface area contributed by atoms with E-state index in [9.17, 15) is 8.42 Å². The number of aryl methyl sites for hydroxylation is 1. The summed E-state index contributed by atoms with van der Waals surface area (Å²) in [6.45, 7) is 1.85. The minimum absolute atomic E-state index is 0.180. The Morgan fingerprint density at radius 3 is 2.58 bits per heavy atom. The van der Waals surface area contributed by atoms with E-state index in [1.54, 1.807) is 6.20 Å². The Balaban J connectivity index is 1.84. The maximum Gasteiger partial charge on any atom is 0.264 e. The van der Waals surface area contributed by atoms with Gasteiger partial charge >= 0.3 is 0 Å². The van der Waals surface area contributed by atoms with Gasteiger partial charge in [0.2, 0.25) is 0 Å². The first-order valence-corrected chi connectivity index (χ1v) is 8.18. The number of hydrogen-bond acceptors (Lipinski definition) is 6. The minimum Gasteiger partial charge on any atom is -0.367 e. The molecule has 0 spiro atoms. The fourth-order valence-corrected chi connectivity index (χ4v) is 2.98. The van der Waals surface area contributed by atoms with Crippen LogP contribution >= 0.6 is 0 Å². The lowest BCUT2D eigenvalue weighted by Gasteiger charge is -2.28. The molecule has 7 heteroatoms. The summed E-state index contributed by atoms with van der Waals surface area (Å²) in [6.07, 6.45) is 5.89. The fourth-order valence-electron chi connectivity index (χ4n) is 2.30. The third-order valence-corrected chi connectivity index (χ3v) is 3.73. The SMILES string of the molecule is Cc1nccc(NC2CCC(OS(C)(=O)=O)CC2)n1. The number of hydrogen-bond donors (Lipinski definition) is 1. The number of anilines is 1. The molecule has 0 aliphatic heterocycles. The fraction of sp³-hybridized carbons (Fsp3) is 0.667. The maximum absolute atomic E-state index is 11.1.